The molecule has 1 unspecified atom stereocenters. The van der Waals surface area contributed by atoms with Gasteiger partial charge in [-0.25, -0.2) is 4.79 Å². The van der Waals surface area contributed by atoms with Crippen molar-refractivity contribution >= 4 is 11.7 Å². The van der Waals surface area contributed by atoms with E-state index >= 15 is 0 Å². The summed E-state index contributed by atoms with van der Waals surface area (Å²) in [4.78, 5) is 21.8. The zero-order valence-electron chi connectivity index (χ0n) is 11.1. The molecule has 104 valence electrons. The number of rotatable bonds is 3. The number of hydrogen-bond acceptors (Lipinski definition) is 4. The molecule has 0 spiro atoms. The minimum atomic E-state index is -1.03. The van der Waals surface area contributed by atoms with E-state index in [4.69, 9.17) is 0 Å². The molecule has 0 aliphatic carbocycles. The van der Waals surface area contributed by atoms with E-state index in [-0.39, 0.29) is 11.3 Å². The van der Waals surface area contributed by atoms with E-state index in [0.717, 1.165) is 5.70 Å². The second kappa shape index (κ2) is 5.16. The molecule has 1 aromatic carbocycles. The Morgan fingerprint density at radius 2 is 2.10 bits per heavy atom. The van der Waals surface area contributed by atoms with E-state index in [9.17, 15) is 20.0 Å². The molecule has 2 N–H and O–H groups in total. The number of nitro groups is 1. The molecule has 1 heterocycles. The van der Waals surface area contributed by atoms with Gasteiger partial charge in [0.05, 0.1) is 10.5 Å². The molecule has 1 aliphatic rings. The van der Waals surface area contributed by atoms with E-state index in [2.05, 4.69) is 5.32 Å². The minimum absolute atomic E-state index is 0.0468. The van der Waals surface area contributed by atoms with Crippen molar-refractivity contribution in [2.45, 2.75) is 19.8 Å². The molecule has 1 atom stereocenters. The van der Waals surface area contributed by atoms with Crippen molar-refractivity contribution in [1.82, 2.24) is 5.32 Å². The van der Waals surface area contributed by atoms with Crippen molar-refractivity contribution in [1.29, 1.82) is 0 Å². The number of carboxylic acid groups (broad SMARTS) is 1. The van der Waals surface area contributed by atoms with Gasteiger partial charge in [0.2, 0.25) is 0 Å². The molecule has 0 amide bonds. The number of carboxylic acids is 1. The maximum Gasteiger partial charge on any atom is 0.334 e. The molecular formula is C14H14N2O4. The van der Waals surface area contributed by atoms with Gasteiger partial charge in [-0.15, -0.1) is 0 Å². The highest BCUT2D eigenvalue weighted by Gasteiger charge is 2.27. The van der Waals surface area contributed by atoms with Gasteiger partial charge in [0.1, 0.15) is 0 Å². The standard InChI is InChI=1S/C14H14N2O4/c1-8-6-12(13(14(17)18)9(2)15-8)10-4-3-5-11(7-10)16(19)20/h3-7,12,15H,1-2H3,(H,17,18). The largest absolute Gasteiger partial charge is 0.478 e. The lowest BCUT2D eigenvalue weighted by molar-refractivity contribution is -0.384. The van der Waals surface area contributed by atoms with E-state index in [1.54, 1.807) is 25.1 Å². The van der Waals surface area contributed by atoms with Crippen LogP contribution in [0.2, 0.25) is 0 Å². The summed E-state index contributed by atoms with van der Waals surface area (Å²) in [6, 6.07) is 6.06. The number of allylic oxidation sites excluding steroid dienone is 3. The summed E-state index contributed by atoms with van der Waals surface area (Å²) in [6.07, 6.45) is 1.76. The van der Waals surface area contributed by atoms with Crippen LogP contribution in [0, 0.1) is 10.1 Å². The summed E-state index contributed by atoms with van der Waals surface area (Å²) < 4.78 is 0. The van der Waals surface area contributed by atoms with E-state index in [0.29, 0.717) is 11.3 Å². The van der Waals surface area contributed by atoms with Crippen molar-refractivity contribution in [3.8, 4) is 0 Å². The summed E-state index contributed by atoms with van der Waals surface area (Å²) in [7, 11) is 0. The fourth-order valence-corrected chi connectivity index (χ4v) is 2.36. The number of aliphatic carboxylic acids is 1. The Kier molecular flexibility index (Phi) is 3.56. The molecule has 0 aromatic heterocycles. The number of nitrogens with one attached hydrogen (secondary N) is 1. The SMILES string of the molecule is CC1=CC(c2cccc([N+](=O)[O-])c2)C(C(=O)O)=C(C)N1. The minimum Gasteiger partial charge on any atom is -0.478 e. The third-order valence-corrected chi connectivity index (χ3v) is 3.19. The van der Waals surface area contributed by atoms with Gasteiger partial charge in [-0.05, 0) is 19.4 Å². The van der Waals surface area contributed by atoms with Crippen LogP contribution < -0.4 is 5.32 Å². The van der Waals surface area contributed by atoms with Gasteiger partial charge >= 0.3 is 5.97 Å². The van der Waals surface area contributed by atoms with E-state index in [1.165, 1.54) is 12.1 Å². The third-order valence-electron chi connectivity index (χ3n) is 3.19. The average Bonchev–Trinajstić information content (AvgIpc) is 2.37. The van der Waals surface area contributed by atoms with Crippen LogP contribution in [0.25, 0.3) is 0 Å². The monoisotopic (exact) mass is 274 g/mol. The Balaban J connectivity index is 2.53. The summed E-state index contributed by atoms with van der Waals surface area (Å²) in [5.41, 5.74) is 2.13. The fraction of sp³-hybridized carbons (Fsp3) is 0.214. The number of nitrogens with zero attached hydrogens (tertiary/aromatic N) is 1. The molecular weight excluding hydrogens is 260 g/mol. The topological polar surface area (TPSA) is 92.5 Å². The first-order valence-electron chi connectivity index (χ1n) is 6.04. The number of carbonyl (C=O) groups is 1. The Labute approximate surface area is 115 Å². The molecule has 0 saturated heterocycles. The Morgan fingerprint density at radius 1 is 1.40 bits per heavy atom. The smallest absolute Gasteiger partial charge is 0.334 e. The number of hydrogen-bond donors (Lipinski definition) is 2. The van der Waals surface area contributed by atoms with Crippen LogP contribution in [0.5, 0.6) is 0 Å². The van der Waals surface area contributed by atoms with Crippen LogP contribution in [-0.2, 0) is 4.79 Å². The predicted octanol–water partition coefficient (Wildman–Crippen LogP) is 2.54. The molecule has 6 nitrogen and oxygen atoms in total. The first-order valence-corrected chi connectivity index (χ1v) is 6.04. The summed E-state index contributed by atoms with van der Waals surface area (Å²) in [5, 5.41) is 23.1. The average molecular weight is 274 g/mol. The van der Waals surface area contributed by atoms with Gasteiger partial charge in [-0.3, -0.25) is 10.1 Å². The summed E-state index contributed by atoms with van der Waals surface area (Å²) >= 11 is 0. The molecule has 1 aliphatic heterocycles. The van der Waals surface area contributed by atoms with E-state index < -0.39 is 16.8 Å². The van der Waals surface area contributed by atoms with Crippen LogP contribution in [0.1, 0.15) is 25.3 Å². The van der Waals surface area contributed by atoms with Crippen LogP contribution >= 0.6 is 0 Å². The maximum absolute atomic E-state index is 11.4. The number of nitro benzene ring substituents is 1. The highest BCUT2D eigenvalue weighted by Crippen LogP contribution is 2.33. The van der Waals surface area contributed by atoms with Crippen LogP contribution in [-0.4, -0.2) is 16.0 Å². The highest BCUT2D eigenvalue weighted by atomic mass is 16.6. The van der Waals surface area contributed by atoms with Gasteiger partial charge < -0.3 is 10.4 Å². The Hall–Kier alpha value is -2.63. The van der Waals surface area contributed by atoms with Crippen molar-refractivity contribution in [3.05, 3.63) is 63.0 Å². The third kappa shape index (κ3) is 2.54. The van der Waals surface area contributed by atoms with Crippen molar-refractivity contribution in [2.75, 3.05) is 0 Å². The first-order chi connectivity index (χ1) is 9.40. The van der Waals surface area contributed by atoms with Crippen LogP contribution in [0.3, 0.4) is 0 Å². The Bertz CT molecular complexity index is 646. The van der Waals surface area contributed by atoms with Crippen molar-refractivity contribution in [2.24, 2.45) is 0 Å². The molecule has 20 heavy (non-hydrogen) atoms. The zero-order chi connectivity index (χ0) is 14.9. The van der Waals surface area contributed by atoms with Crippen molar-refractivity contribution < 1.29 is 14.8 Å². The lowest BCUT2D eigenvalue weighted by atomic mass is 9.87. The predicted molar refractivity (Wildman–Crippen MR) is 73.1 cm³/mol. The molecule has 6 heteroatoms. The normalized spacial score (nSPS) is 18.3. The van der Waals surface area contributed by atoms with Crippen LogP contribution in [0.4, 0.5) is 5.69 Å². The lowest BCUT2D eigenvalue weighted by Crippen LogP contribution is -2.24. The van der Waals surface area contributed by atoms with Gasteiger partial charge in [-0.2, -0.15) is 0 Å². The zero-order valence-corrected chi connectivity index (χ0v) is 11.1. The molecule has 1 aromatic rings. The van der Waals surface area contributed by atoms with Crippen molar-refractivity contribution in [3.63, 3.8) is 0 Å². The van der Waals surface area contributed by atoms with Gasteiger partial charge in [0, 0.05) is 29.4 Å². The summed E-state index contributed by atoms with van der Waals surface area (Å²) in [5.74, 6) is -1.52. The molecule has 0 bridgehead atoms. The lowest BCUT2D eigenvalue weighted by Gasteiger charge is -2.24. The second-order valence-electron chi connectivity index (χ2n) is 4.65. The van der Waals surface area contributed by atoms with Gasteiger partial charge in [0.25, 0.3) is 5.69 Å². The number of benzene rings is 1. The number of non-ortho nitro benzene ring substituents is 1. The first kappa shape index (κ1) is 13.8. The summed E-state index contributed by atoms with van der Waals surface area (Å²) in [6.45, 7) is 3.51. The number of dihydropyridines is 1. The highest BCUT2D eigenvalue weighted by molar-refractivity contribution is 5.90. The second-order valence-corrected chi connectivity index (χ2v) is 4.65. The Morgan fingerprint density at radius 3 is 2.70 bits per heavy atom. The van der Waals surface area contributed by atoms with Gasteiger partial charge in [-0.1, -0.05) is 18.2 Å². The van der Waals surface area contributed by atoms with Crippen LogP contribution in [0.15, 0.2) is 47.3 Å². The maximum atomic E-state index is 11.4. The molecule has 0 fully saturated rings. The molecule has 2 rings (SSSR count). The van der Waals surface area contributed by atoms with E-state index in [1.807, 2.05) is 6.92 Å². The molecule has 0 saturated carbocycles. The quantitative estimate of drug-likeness (QED) is 0.652. The fourth-order valence-electron chi connectivity index (χ4n) is 2.36. The van der Waals surface area contributed by atoms with Gasteiger partial charge in [0.15, 0.2) is 0 Å². The molecule has 0 radical (unpaired) electrons.